The van der Waals surface area contributed by atoms with Gasteiger partial charge in [-0.05, 0) is 71.5 Å². The average Bonchev–Trinajstić information content (AvgIpc) is 3.22. The minimum Gasteiger partial charge on any atom is -0.419 e. The SMILES string of the molecule is Cc1cc2ccccc2c2c1op(C1CCCC1)oc1c(C)cc3ccccc3c12. The van der Waals surface area contributed by atoms with E-state index in [1.807, 2.05) is 0 Å². The van der Waals surface area contributed by atoms with Gasteiger partial charge in [0.1, 0.15) is 11.2 Å². The van der Waals surface area contributed by atoms with Crippen LogP contribution < -0.4 is 0 Å². The Morgan fingerprint density at radius 1 is 0.700 bits per heavy atom. The van der Waals surface area contributed by atoms with Crippen LogP contribution in [0, 0.1) is 13.8 Å². The molecule has 2 nitrogen and oxygen atoms in total. The van der Waals surface area contributed by atoms with Gasteiger partial charge in [0, 0.05) is 10.8 Å². The lowest BCUT2D eigenvalue weighted by molar-refractivity contribution is 0.604. The molecule has 1 fully saturated rings. The summed E-state index contributed by atoms with van der Waals surface area (Å²) in [7, 11) is -1.02. The van der Waals surface area contributed by atoms with Gasteiger partial charge in [-0.15, -0.1) is 0 Å². The van der Waals surface area contributed by atoms with Crippen molar-refractivity contribution >= 4 is 51.5 Å². The minimum atomic E-state index is -1.02. The fraction of sp³-hybridized carbons (Fsp3) is 0.259. The zero-order valence-corrected chi connectivity index (χ0v) is 18.3. The highest BCUT2D eigenvalue weighted by atomic mass is 31.1. The van der Waals surface area contributed by atoms with Gasteiger partial charge in [0.2, 0.25) is 8.01 Å². The van der Waals surface area contributed by atoms with Gasteiger partial charge < -0.3 is 8.39 Å². The summed E-state index contributed by atoms with van der Waals surface area (Å²) < 4.78 is 13.6. The number of fused-ring (bicyclic) bond motifs is 7. The Hall–Kier alpha value is -2.70. The molecule has 1 aromatic heterocycles. The molecule has 0 radical (unpaired) electrons. The van der Waals surface area contributed by atoms with Crippen LogP contribution in [0.2, 0.25) is 0 Å². The van der Waals surface area contributed by atoms with E-state index in [2.05, 4.69) is 74.5 Å². The molecule has 4 aromatic carbocycles. The van der Waals surface area contributed by atoms with Crippen LogP contribution in [0.3, 0.4) is 0 Å². The van der Waals surface area contributed by atoms with E-state index < -0.39 is 8.01 Å². The number of hydrogen-bond donors (Lipinski definition) is 0. The predicted octanol–water partition coefficient (Wildman–Crippen LogP) is 9.33. The second kappa shape index (κ2) is 6.93. The second-order valence-electron chi connectivity index (χ2n) is 8.64. The van der Waals surface area contributed by atoms with E-state index in [1.54, 1.807) is 0 Å². The molecule has 5 aromatic rings. The van der Waals surface area contributed by atoms with Crippen LogP contribution in [-0.2, 0) is 0 Å². The van der Waals surface area contributed by atoms with Gasteiger partial charge in [-0.25, -0.2) is 0 Å². The van der Waals surface area contributed by atoms with Crippen LogP contribution in [0.5, 0.6) is 0 Å². The van der Waals surface area contributed by atoms with Gasteiger partial charge >= 0.3 is 0 Å². The monoisotopic (exact) mass is 412 g/mol. The first-order valence-corrected chi connectivity index (χ1v) is 12.2. The van der Waals surface area contributed by atoms with E-state index in [0.29, 0.717) is 5.66 Å². The summed E-state index contributed by atoms with van der Waals surface area (Å²) in [5, 5.41) is 7.37. The summed E-state index contributed by atoms with van der Waals surface area (Å²) in [6.07, 6.45) is 4.97. The second-order valence-corrected chi connectivity index (χ2v) is 10.3. The molecule has 6 rings (SSSR count). The third kappa shape index (κ3) is 2.71. The molecule has 30 heavy (non-hydrogen) atoms. The highest BCUT2D eigenvalue weighted by Gasteiger charge is 2.24. The fourth-order valence-electron chi connectivity index (χ4n) is 5.13. The highest BCUT2D eigenvalue weighted by Crippen LogP contribution is 2.52. The van der Waals surface area contributed by atoms with Gasteiger partial charge in [-0.3, -0.25) is 0 Å². The fourth-order valence-corrected chi connectivity index (χ4v) is 7.08. The largest absolute Gasteiger partial charge is 0.419 e. The molecule has 0 atom stereocenters. The maximum Gasteiger partial charge on any atom is 0.219 e. The Bertz CT molecular complexity index is 1370. The van der Waals surface area contributed by atoms with Crippen LogP contribution in [0.25, 0.3) is 43.5 Å². The van der Waals surface area contributed by atoms with Crippen molar-refractivity contribution < 1.29 is 8.39 Å². The molecule has 0 unspecified atom stereocenters. The van der Waals surface area contributed by atoms with Crippen molar-refractivity contribution in [1.82, 2.24) is 0 Å². The van der Waals surface area contributed by atoms with Crippen molar-refractivity contribution in [2.24, 2.45) is 0 Å². The first kappa shape index (κ1) is 18.1. The molecule has 0 saturated heterocycles. The van der Waals surface area contributed by atoms with Crippen LogP contribution in [0.1, 0.15) is 42.5 Å². The summed E-state index contributed by atoms with van der Waals surface area (Å²) in [6.45, 7) is 4.35. The maximum absolute atomic E-state index is 6.81. The number of benzene rings is 4. The summed E-state index contributed by atoms with van der Waals surface area (Å²) in [6, 6.07) is 21.9. The van der Waals surface area contributed by atoms with Crippen LogP contribution in [0.15, 0.2) is 69.1 Å². The normalized spacial score (nSPS) is 15.0. The molecule has 0 bridgehead atoms. The summed E-state index contributed by atoms with van der Waals surface area (Å²) in [5.74, 6) is 0. The molecule has 150 valence electrons. The molecular weight excluding hydrogens is 387 g/mol. The average molecular weight is 412 g/mol. The quantitative estimate of drug-likeness (QED) is 0.274. The number of hydrogen-bond acceptors (Lipinski definition) is 2. The smallest absolute Gasteiger partial charge is 0.219 e. The molecule has 1 aliphatic rings. The first-order valence-electron chi connectivity index (χ1n) is 10.9. The van der Waals surface area contributed by atoms with E-state index in [0.717, 1.165) is 11.2 Å². The van der Waals surface area contributed by atoms with Gasteiger partial charge in [-0.2, -0.15) is 0 Å². The van der Waals surface area contributed by atoms with Gasteiger partial charge in [0.25, 0.3) is 0 Å². The van der Waals surface area contributed by atoms with Crippen molar-refractivity contribution in [3.8, 4) is 0 Å². The van der Waals surface area contributed by atoms with E-state index >= 15 is 0 Å². The third-order valence-corrected chi connectivity index (χ3v) is 8.45. The van der Waals surface area contributed by atoms with E-state index in [9.17, 15) is 0 Å². The standard InChI is InChI=1S/C27H25O2P/c1-17-15-19-9-3-7-13-22(19)24-25-23-14-8-4-10-20(23)16-18(2)27(25)29-30(28-26(17)24)21-11-5-6-12-21/h3-4,7-10,13-16,21H,5-6,11-12H2,1-2H3. The number of aryl methyl sites for hydroxylation is 2. The van der Waals surface area contributed by atoms with Gasteiger partial charge in [0.05, 0.1) is 5.66 Å². The Kier molecular flexibility index (Phi) is 4.18. The minimum absolute atomic E-state index is 0.510. The number of rotatable bonds is 1. The van der Waals surface area contributed by atoms with Crippen LogP contribution in [0.4, 0.5) is 0 Å². The highest BCUT2D eigenvalue weighted by molar-refractivity contribution is 7.37. The summed E-state index contributed by atoms with van der Waals surface area (Å²) in [5.41, 5.74) is 4.92. The molecule has 3 heteroatoms. The molecular formula is C27H25O2P. The lowest BCUT2D eigenvalue weighted by Gasteiger charge is -2.08. The predicted molar refractivity (Wildman–Crippen MR) is 128 cm³/mol. The van der Waals surface area contributed by atoms with Gasteiger partial charge in [0.15, 0.2) is 0 Å². The van der Waals surface area contributed by atoms with Crippen molar-refractivity contribution in [3.05, 3.63) is 71.8 Å². The Labute approximate surface area is 177 Å². The molecule has 0 aliphatic heterocycles. The van der Waals surface area contributed by atoms with Crippen molar-refractivity contribution in [2.75, 3.05) is 0 Å². The first-order chi connectivity index (χ1) is 14.7. The zero-order valence-electron chi connectivity index (χ0n) is 17.4. The molecule has 1 saturated carbocycles. The lowest BCUT2D eigenvalue weighted by Crippen LogP contribution is -1.85. The van der Waals surface area contributed by atoms with Crippen LogP contribution in [-0.4, -0.2) is 0 Å². The zero-order chi connectivity index (χ0) is 20.2. The Balaban J connectivity index is 1.95. The molecule has 1 aliphatic carbocycles. The van der Waals surface area contributed by atoms with Crippen LogP contribution >= 0.6 is 8.01 Å². The molecule has 0 N–H and O–H groups in total. The Morgan fingerprint density at radius 3 is 1.67 bits per heavy atom. The molecule has 0 spiro atoms. The lowest BCUT2D eigenvalue weighted by atomic mass is 9.95. The molecule has 1 heterocycles. The van der Waals surface area contributed by atoms with E-state index in [1.165, 1.54) is 69.1 Å². The van der Waals surface area contributed by atoms with Crippen molar-refractivity contribution in [3.63, 3.8) is 0 Å². The van der Waals surface area contributed by atoms with E-state index in [4.69, 9.17) is 8.39 Å². The van der Waals surface area contributed by atoms with Crippen molar-refractivity contribution in [1.29, 1.82) is 0 Å². The summed E-state index contributed by atoms with van der Waals surface area (Å²) >= 11 is 0. The maximum atomic E-state index is 6.81. The molecule has 0 amide bonds. The van der Waals surface area contributed by atoms with Crippen molar-refractivity contribution in [2.45, 2.75) is 45.2 Å². The third-order valence-electron chi connectivity index (χ3n) is 6.61. The van der Waals surface area contributed by atoms with Gasteiger partial charge in [-0.1, -0.05) is 61.4 Å². The topological polar surface area (TPSA) is 26.3 Å². The van der Waals surface area contributed by atoms with E-state index in [-0.39, 0.29) is 0 Å². The summed E-state index contributed by atoms with van der Waals surface area (Å²) in [4.78, 5) is 0. The Morgan fingerprint density at radius 2 is 1.17 bits per heavy atom.